The second kappa shape index (κ2) is 7.98. The third-order valence-corrected chi connectivity index (χ3v) is 3.45. The van der Waals surface area contributed by atoms with Gasteiger partial charge >= 0.3 is 0 Å². The number of rotatable bonds is 9. The van der Waals surface area contributed by atoms with Gasteiger partial charge in [-0.1, -0.05) is 13.3 Å². The predicted octanol–water partition coefficient (Wildman–Crippen LogP) is 2.02. The Morgan fingerprint density at radius 3 is 2.90 bits per heavy atom. The van der Waals surface area contributed by atoms with E-state index in [-0.39, 0.29) is 18.6 Å². The van der Waals surface area contributed by atoms with Crippen molar-refractivity contribution in [2.24, 2.45) is 0 Å². The van der Waals surface area contributed by atoms with Gasteiger partial charge in [0, 0.05) is 18.6 Å². The molecule has 21 heavy (non-hydrogen) atoms. The number of carbonyl (C=O) groups is 1. The fourth-order valence-corrected chi connectivity index (χ4v) is 2.11. The minimum absolute atomic E-state index is 0.0371. The van der Waals surface area contributed by atoms with Crippen LogP contribution >= 0.6 is 0 Å². The zero-order valence-electron chi connectivity index (χ0n) is 12.9. The van der Waals surface area contributed by atoms with Gasteiger partial charge in [0.15, 0.2) is 6.61 Å². The lowest BCUT2D eigenvalue weighted by Gasteiger charge is -2.13. The van der Waals surface area contributed by atoms with Crippen LogP contribution in [0.25, 0.3) is 0 Å². The highest BCUT2D eigenvalue weighted by molar-refractivity contribution is 5.77. The second-order valence-electron chi connectivity index (χ2n) is 5.69. The Morgan fingerprint density at radius 1 is 1.48 bits per heavy atom. The molecule has 0 saturated heterocycles. The summed E-state index contributed by atoms with van der Waals surface area (Å²) < 4.78 is 5.44. The van der Waals surface area contributed by atoms with Crippen molar-refractivity contribution in [3.05, 3.63) is 24.0 Å². The zero-order chi connectivity index (χ0) is 15.1. The summed E-state index contributed by atoms with van der Waals surface area (Å²) in [4.78, 5) is 16.0. The lowest BCUT2D eigenvalue weighted by molar-refractivity contribution is -0.123. The van der Waals surface area contributed by atoms with E-state index in [0.29, 0.717) is 11.8 Å². The first-order valence-corrected chi connectivity index (χ1v) is 7.78. The van der Waals surface area contributed by atoms with Crippen molar-refractivity contribution >= 4 is 5.91 Å². The van der Waals surface area contributed by atoms with Gasteiger partial charge < -0.3 is 15.4 Å². The molecule has 1 unspecified atom stereocenters. The molecule has 1 amide bonds. The summed E-state index contributed by atoms with van der Waals surface area (Å²) in [5.74, 6) is 0.541. The monoisotopic (exact) mass is 291 g/mol. The fraction of sp³-hybridized carbons (Fsp3) is 0.625. The van der Waals surface area contributed by atoms with E-state index in [9.17, 15) is 4.79 Å². The van der Waals surface area contributed by atoms with Gasteiger partial charge in [0.1, 0.15) is 5.75 Å². The molecule has 1 saturated carbocycles. The van der Waals surface area contributed by atoms with Gasteiger partial charge in [-0.3, -0.25) is 9.78 Å². The summed E-state index contributed by atoms with van der Waals surface area (Å²) in [5.41, 5.74) is 0.996. The Balaban J connectivity index is 1.68. The summed E-state index contributed by atoms with van der Waals surface area (Å²) in [5, 5.41) is 6.32. The van der Waals surface area contributed by atoms with Crippen LogP contribution in [0.2, 0.25) is 0 Å². The molecule has 1 heterocycles. The molecule has 0 aromatic carbocycles. The average molecular weight is 291 g/mol. The van der Waals surface area contributed by atoms with Gasteiger partial charge in [0.05, 0.1) is 11.9 Å². The fourth-order valence-electron chi connectivity index (χ4n) is 2.11. The van der Waals surface area contributed by atoms with Crippen molar-refractivity contribution in [1.82, 2.24) is 15.6 Å². The molecule has 0 radical (unpaired) electrons. The van der Waals surface area contributed by atoms with E-state index in [1.807, 2.05) is 19.1 Å². The SMILES string of the molecule is CCCC(C)NC(=O)COc1ccc(CNC2CC2)nc1. The maximum absolute atomic E-state index is 11.7. The molecular formula is C16H25N3O2. The number of carbonyl (C=O) groups excluding carboxylic acids is 1. The first-order chi connectivity index (χ1) is 10.2. The van der Waals surface area contributed by atoms with Crippen molar-refractivity contribution in [2.45, 2.75) is 58.2 Å². The summed E-state index contributed by atoms with van der Waals surface area (Å²) in [6, 6.07) is 4.67. The minimum Gasteiger partial charge on any atom is -0.482 e. The van der Waals surface area contributed by atoms with Crippen molar-refractivity contribution in [2.75, 3.05) is 6.61 Å². The second-order valence-corrected chi connectivity index (χ2v) is 5.69. The van der Waals surface area contributed by atoms with Crippen LogP contribution in [-0.2, 0) is 11.3 Å². The van der Waals surface area contributed by atoms with Crippen LogP contribution in [0.1, 0.15) is 45.2 Å². The van der Waals surface area contributed by atoms with E-state index in [2.05, 4.69) is 22.5 Å². The molecule has 1 atom stereocenters. The molecule has 1 aromatic heterocycles. The maximum atomic E-state index is 11.7. The predicted molar refractivity (Wildman–Crippen MR) is 82.1 cm³/mol. The van der Waals surface area contributed by atoms with Crippen molar-refractivity contribution in [3.8, 4) is 5.75 Å². The van der Waals surface area contributed by atoms with Crippen LogP contribution in [0.15, 0.2) is 18.3 Å². The molecule has 1 fully saturated rings. The molecule has 5 heteroatoms. The van der Waals surface area contributed by atoms with Crippen LogP contribution in [0.4, 0.5) is 0 Å². The summed E-state index contributed by atoms with van der Waals surface area (Å²) in [7, 11) is 0. The lowest BCUT2D eigenvalue weighted by atomic mass is 10.2. The number of hydrogen-bond donors (Lipinski definition) is 2. The molecule has 2 N–H and O–H groups in total. The largest absolute Gasteiger partial charge is 0.482 e. The van der Waals surface area contributed by atoms with Crippen LogP contribution < -0.4 is 15.4 Å². The highest BCUT2D eigenvalue weighted by Crippen LogP contribution is 2.19. The Hall–Kier alpha value is -1.62. The van der Waals surface area contributed by atoms with Gasteiger partial charge in [-0.05, 0) is 38.3 Å². The Morgan fingerprint density at radius 2 is 2.29 bits per heavy atom. The van der Waals surface area contributed by atoms with Gasteiger partial charge in [-0.25, -0.2) is 0 Å². The summed E-state index contributed by atoms with van der Waals surface area (Å²) >= 11 is 0. The van der Waals surface area contributed by atoms with Crippen molar-refractivity contribution < 1.29 is 9.53 Å². The molecule has 1 aliphatic carbocycles. The molecule has 5 nitrogen and oxygen atoms in total. The molecule has 0 aliphatic heterocycles. The highest BCUT2D eigenvalue weighted by atomic mass is 16.5. The van der Waals surface area contributed by atoms with Crippen LogP contribution in [0.3, 0.4) is 0 Å². The van der Waals surface area contributed by atoms with Gasteiger partial charge in [0.25, 0.3) is 5.91 Å². The number of pyridine rings is 1. The third-order valence-electron chi connectivity index (χ3n) is 3.45. The first-order valence-electron chi connectivity index (χ1n) is 7.78. The first kappa shape index (κ1) is 15.8. The van der Waals surface area contributed by atoms with Gasteiger partial charge in [-0.2, -0.15) is 0 Å². The number of nitrogens with zero attached hydrogens (tertiary/aromatic N) is 1. The number of nitrogens with one attached hydrogen (secondary N) is 2. The van der Waals surface area contributed by atoms with E-state index in [1.165, 1.54) is 12.8 Å². The van der Waals surface area contributed by atoms with Crippen LogP contribution in [-0.4, -0.2) is 29.6 Å². The van der Waals surface area contributed by atoms with Crippen LogP contribution in [0, 0.1) is 0 Å². The van der Waals surface area contributed by atoms with E-state index < -0.39 is 0 Å². The van der Waals surface area contributed by atoms with Crippen molar-refractivity contribution in [3.63, 3.8) is 0 Å². The Bertz CT molecular complexity index is 443. The molecule has 2 rings (SSSR count). The van der Waals surface area contributed by atoms with Gasteiger partial charge in [-0.15, -0.1) is 0 Å². The van der Waals surface area contributed by atoms with E-state index >= 15 is 0 Å². The molecule has 0 bridgehead atoms. The molecule has 116 valence electrons. The topological polar surface area (TPSA) is 63.2 Å². The van der Waals surface area contributed by atoms with E-state index in [1.54, 1.807) is 6.20 Å². The zero-order valence-corrected chi connectivity index (χ0v) is 12.9. The number of aromatic nitrogens is 1. The highest BCUT2D eigenvalue weighted by Gasteiger charge is 2.20. The summed E-state index contributed by atoms with van der Waals surface area (Å²) in [6.07, 6.45) is 6.25. The normalized spacial score (nSPS) is 15.5. The maximum Gasteiger partial charge on any atom is 0.258 e. The van der Waals surface area contributed by atoms with Crippen molar-refractivity contribution in [1.29, 1.82) is 0 Å². The number of amides is 1. The number of hydrogen-bond acceptors (Lipinski definition) is 4. The molecule has 1 aromatic rings. The Labute approximate surface area is 126 Å². The standard InChI is InChI=1S/C16H25N3O2/c1-3-4-12(2)19-16(20)11-21-15-8-7-14(18-10-15)9-17-13-5-6-13/h7-8,10,12-13,17H,3-6,9,11H2,1-2H3,(H,19,20). The quantitative estimate of drug-likeness (QED) is 0.730. The average Bonchev–Trinajstić information content (AvgIpc) is 3.28. The molecular weight excluding hydrogens is 266 g/mol. The van der Waals surface area contributed by atoms with E-state index in [0.717, 1.165) is 25.1 Å². The Kier molecular flexibility index (Phi) is 5.99. The third kappa shape index (κ3) is 6.12. The lowest BCUT2D eigenvalue weighted by Crippen LogP contribution is -2.35. The smallest absolute Gasteiger partial charge is 0.258 e. The minimum atomic E-state index is -0.0876. The van der Waals surface area contributed by atoms with E-state index in [4.69, 9.17) is 4.74 Å². The number of ether oxygens (including phenoxy) is 1. The summed E-state index contributed by atoms with van der Waals surface area (Å²) in [6.45, 7) is 4.93. The molecule has 0 spiro atoms. The molecule has 1 aliphatic rings. The van der Waals surface area contributed by atoms with Crippen LogP contribution in [0.5, 0.6) is 5.75 Å². The van der Waals surface area contributed by atoms with Gasteiger partial charge in [0.2, 0.25) is 0 Å².